The number of pyridine rings is 1. The Morgan fingerprint density at radius 3 is 2.91 bits per heavy atom. The summed E-state index contributed by atoms with van der Waals surface area (Å²) in [5, 5.41) is 3.70. The number of carbonyl (C=O) groups is 1. The van der Waals surface area contributed by atoms with Crippen molar-refractivity contribution in [3.05, 3.63) is 59.7 Å². The number of furan rings is 1. The molecule has 0 spiro atoms. The van der Waals surface area contributed by atoms with E-state index in [0.717, 1.165) is 16.7 Å². The van der Waals surface area contributed by atoms with Gasteiger partial charge >= 0.3 is 0 Å². The summed E-state index contributed by atoms with van der Waals surface area (Å²) >= 11 is 0. The van der Waals surface area contributed by atoms with Gasteiger partial charge in [0.2, 0.25) is 0 Å². The number of rotatable bonds is 4. The van der Waals surface area contributed by atoms with Gasteiger partial charge in [0.1, 0.15) is 11.5 Å². The van der Waals surface area contributed by atoms with Gasteiger partial charge in [-0.15, -0.1) is 0 Å². The van der Waals surface area contributed by atoms with Gasteiger partial charge in [0.05, 0.1) is 36.7 Å². The lowest BCUT2D eigenvalue weighted by atomic mass is 10.1. The molecule has 112 valence electrons. The zero-order valence-corrected chi connectivity index (χ0v) is 12.4. The molecular weight excluding hydrogens is 280 g/mol. The van der Waals surface area contributed by atoms with Crippen LogP contribution < -0.4 is 10.1 Å². The first-order valence-corrected chi connectivity index (χ1v) is 6.93. The number of amides is 1. The minimum atomic E-state index is -0.175. The summed E-state index contributed by atoms with van der Waals surface area (Å²) in [6.07, 6.45) is 1.58. The highest BCUT2D eigenvalue weighted by Crippen LogP contribution is 2.22. The molecule has 0 saturated heterocycles. The van der Waals surface area contributed by atoms with Crippen LogP contribution in [0.5, 0.6) is 5.75 Å². The average Bonchev–Trinajstić information content (AvgIpc) is 3.05. The van der Waals surface area contributed by atoms with Gasteiger partial charge in [-0.25, -0.2) is 0 Å². The van der Waals surface area contributed by atoms with E-state index in [1.54, 1.807) is 19.4 Å². The predicted molar refractivity (Wildman–Crippen MR) is 82.9 cm³/mol. The van der Waals surface area contributed by atoms with Crippen molar-refractivity contribution in [1.82, 2.24) is 10.3 Å². The highest BCUT2D eigenvalue weighted by atomic mass is 16.5. The Bertz CT molecular complexity index is 810. The van der Waals surface area contributed by atoms with Crippen LogP contribution in [-0.4, -0.2) is 18.0 Å². The number of aryl methyl sites for hydroxylation is 1. The fourth-order valence-electron chi connectivity index (χ4n) is 2.28. The smallest absolute Gasteiger partial charge is 0.253 e. The van der Waals surface area contributed by atoms with E-state index >= 15 is 0 Å². The monoisotopic (exact) mass is 296 g/mol. The zero-order valence-electron chi connectivity index (χ0n) is 12.4. The van der Waals surface area contributed by atoms with Crippen LogP contribution in [0.25, 0.3) is 10.9 Å². The fourth-order valence-corrected chi connectivity index (χ4v) is 2.28. The number of aromatic nitrogens is 1. The highest BCUT2D eigenvalue weighted by Gasteiger charge is 2.12. The van der Waals surface area contributed by atoms with Crippen molar-refractivity contribution in [2.75, 3.05) is 7.11 Å². The highest BCUT2D eigenvalue weighted by molar-refractivity contribution is 5.98. The molecule has 0 aliphatic carbocycles. The molecule has 0 saturated carbocycles. The van der Waals surface area contributed by atoms with E-state index in [-0.39, 0.29) is 5.91 Å². The number of benzene rings is 1. The minimum absolute atomic E-state index is 0.175. The van der Waals surface area contributed by atoms with Crippen LogP contribution in [0.1, 0.15) is 21.8 Å². The molecule has 1 N–H and O–H groups in total. The molecule has 0 aliphatic heterocycles. The van der Waals surface area contributed by atoms with Crippen LogP contribution in [0, 0.1) is 6.92 Å². The summed E-state index contributed by atoms with van der Waals surface area (Å²) in [5.74, 6) is 1.27. The van der Waals surface area contributed by atoms with E-state index in [4.69, 9.17) is 9.15 Å². The summed E-state index contributed by atoms with van der Waals surface area (Å²) in [4.78, 5) is 16.8. The van der Waals surface area contributed by atoms with Crippen molar-refractivity contribution in [2.24, 2.45) is 0 Å². The lowest BCUT2D eigenvalue weighted by Crippen LogP contribution is -2.23. The van der Waals surface area contributed by atoms with E-state index in [1.807, 2.05) is 37.3 Å². The van der Waals surface area contributed by atoms with Crippen molar-refractivity contribution in [2.45, 2.75) is 13.5 Å². The predicted octanol–water partition coefficient (Wildman–Crippen LogP) is 3.07. The van der Waals surface area contributed by atoms with Crippen LogP contribution in [0.2, 0.25) is 0 Å². The molecule has 5 heteroatoms. The summed E-state index contributed by atoms with van der Waals surface area (Å²) in [7, 11) is 1.61. The van der Waals surface area contributed by atoms with Crippen LogP contribution in [-0.2, 0) is 6.54 Å². The second kappa shape index (κ2) is 5.89. The van der Waals surface area contributed by atoms with Gasteiger partial charge in [-0.3, -0.25) is 9.78 Å². The molecular formula is C17H16N2O3. The van der Waals surface area contributed by atoms with Gasteiger partial charge in [0.25, 0.3) is 5.91 Å². The first-order valence-electron chi connectivity index (χ1n) is 6.93. The number of fused-ring (bicyclic) bond motifs is 1. The standard InChI is InChI=1S/C17H16N2O3/c1-11-15(17(20)18-10-14-4-3-7-22-14)9-12-8-13(21-2)5-6-16(12)19-11/h3-9H,10H2,1-2H3,(H,18,20). The molecule has 2 heterocycles. The van der Waals surface area contributed by atoms with Crippen LogP contribution >= 0.6 is 0 Å². The van der Waals surface area contributed by atoms with Crippen molar-refractivity contribution < 1.29 is 13.9 Å². The molecule has 0 bridgehead atoms. The fraction of sp³-hybridized carbons (Fsp3) is 0.176. The third kappa shape index (κ3) is 2.79. The molecule has 0 atom stereocenters. The number of nitrogens with zero attached hydrogens (tertiary/aromatic N) is 1. The molecule has 2 aromatic heterocycles. The number of hydrogen-bond donors (Lipinski definition) is 1. The quantitative estimate of drug-likeness (QED) is 0.803. The Kier molecular flexibility index (Phi) is 3.78. The number of methoxy groups -OCH3 is 1. The van der Waals surface area contributed by atoms with Crippen molar-refractivity contribution >= 4 is 16.8 Å². The SMILES string of the molecule is COc1ccc2nc(C)c(C(=O)NCc3ccco3)cc2c1. The molecule has 1 amide bonds. The Labute approximate surface area is 127 Å². The van der Waals surface area contributed by atoms with Gasteiger partial charge < -0.3 is 14.5 Å². The third-order valence-corrected chi connectivity index (χ3v) is 3.46. The molecule has 3 rings (SSSR count). The maximum atomic E-state index is 12.3. The molecule has 3 aromatic rings. The maximum Gasteiger partial charge on any atom is 0.253 e. The van der Waals surface area contributed by atoms with E-state index in [1.165, 1.54) is 0 Å². The Morgan fingerprint density at radius 2 is 2.18 bits per heavy atom. The van der Waals surface area contributed by atoms with Crippen molar-refractivity contribution in [1.29, 1.82) is 0 Å². The lowest BCUT2D eigenvalue weighted by Gasteiger charge is -2.09. The number of hydrogen-bond acceptors (Lipinski definition) is 4. The number of carbonyl (C=O) groups excluding carboxylic acids is 1. The first-order chi connectivity index (χ1) is 10.7. The molecule has 0 radical (unpaired) electrons. The number of nitrogens with one attached hydrogen (secondary N) is 1. The van der Waals surface area contributed by atoms with Crippen LogP contribution in [0.3, 0.4) is 0 Å². The molecule has 5 nitrogen and oxygen atoms in total. The molecule has 22 heavy (non-hydrogen) atoms. The van der Waals surface area contributed by atoms with Gasteiger partial charge in [-0.1, -0.05) is 0 Å². The summed E-state index contributed by atoms with van der Waals surface area (Å²) in [5.41, 5.74) is 2.07. The van der Waals surface area contributed by atoms with Crippen LogP contribution in [0.15, 0.2) is 47.1 Å². The Hall–Kier alpha value is -2.82. The van der Waals surface area contributed by atoms with E-state index in [0.29, 0.717) is 23.6 Å². The van der Waals surface area contributed by atoms with Gasteiger partial charge in [0, 0.05) is 5.39 Å². The van der Waals surface area contributed by atoms with Gasteiger partial charge in [0.15, 0.2) is 0 Å². The number of ether oxygens (including phenoxy) is 1. The average molecular weight is 296 g/mol. The van der Waals surface area contributed by atoms with E-state index in [2.05, 4.69) is 10.3 Å². The van der Waals surface area contributed by atoms with Crippen LogP contribution in [0.4, 0.5) is 0 Å². The third-order valence-electron chi connectivity index (χ3n) is 3.46. The molecule has 0 aliphatic rings. The van der Waals surface area contributed by atoms with Gasteiger partial charge in [-0.05, 0) is 43.3 Å². The molecule has 1 aromatic carbocycles. The van der Waals surface area contributed by atoms with E-state index < -0.39 is 0 Å². The topological polar surface area (TPSA) is 64.4 Å². The lowest BCUT2D eigenvalue weighted by molar-refractivity contribution is 0.0947. The second-order valence-electron chi connectivity index (χ2n) is 4.94. The summed E-state index contributed by atoms with van der Waals surface area (Å²) in [6, 6.07) is 11.0. The Morgan fingerprint density at radius 1 is 1.32 bits per heavy atom. The maximum absolute atomic E-state index is 12.3. The molecule has 0 unspecified atom stereocenters. The minimum Gasteiger partial charge on any atom is -0.497 e. The summed E-state index contributed by atoms with van der Waals surface area (Å²) in [6.45, 7) is 2.17. The van der Waals surface area contributed by atoms with Crippen molar-refractivity contribution in [3.63, 3.8) is 0 Å². The normalized spacial score (nSPS) is 10.6. The second-order valence-corrected chi connectivity index (χ2v) is 4.94. The summed E-state index contributed by atoms with van der Waals surface area (Å²) < 4.78 is 10.4. The van der Waals surface area contributed by atoms with Crippen molar-refractivity contribution in [3.8, 4) is 5.75 Å². The molecule has 0 fully saturated rings. The van der Waals surface area contributed by atoms with E-state index in [9.17, 15) is 4.79 Å². The largest absolute Gasteiger partial charge is 0.497 e. The first kappa shape index (κ1) is 14.1. The zero-order chi connectivity index (χ0) is 15.5. The Balaban J connectivity index is 1.88. The van der Waals surface area contributed by atoms with Gasteiger partial charge in [-0.2, -0.15) is 0 Å².